The third kappa shape index (κ3) is 2.36. The van der Waals surface area contributed by atoms with Gasteiger partial charge in [0.2, 0.25) is 11.1 Å². The van der Waals surface area contributed by atoms with E-state index in [0.29, 0.717) is 17.6 Å². The van der Waals surface area contributed by atoms with Crippen molar-refractivity contribution in [3.8, 4) is 0 Å². The topological polar surface area (TPSA) is 56.7 Å². The molecule has 0 saturated heterocycles. The van der Waals surface area contributed by atoms with Crippen LogP contribution in [0.15, 0.2) is 29.4 Å². The van der Waals surface area contributed by atoms with E-state index in [4.69, 9.17) is 5.73 Å². The van der Waals surface area contributed by atoms with E-state index in [9.17, 15) is 0 Å². The molecule has 2 aromatic rings. The van der Waals surface area contributed by atoms with E-state index in [-0.39, 0.29) is 0 Å². The van der Waals surface area contributed by atoms with Crippen molar-refractivity contribution in [3.05, 3.63) is 35.4 Å². The lowest BCUT2D eigenvalue weighted by Crippen LogP contribution is -2.06. The fraction of sp³-hybridized carbons (Fsp3) is 0.273. The molecule has 0 aliphatic heterocycles. The summed E-state index contributed by atoms with van der Waals surface area (Å²) in [4.78, 5) is 4.14. The van der Waals surface area contributed by atoms with E-state index in [1.165, 1.54) is 22.9 Å². The molecule has 2 N–H and O–H groups in total. The Balaban J connectivity index is 2.19. The molecular formula is C11H14N4S. The van der Waals surface area contributed by atoms with E-state index in [0.717, 1.165) is 0 Å². The van der Waals surface area contributed by atoms with Gasteiger partial charge in [0.25, 0.3) is 0 Å². The van der Waals surface area contributed by atoms with Crippen LogP contribution in [-0.2, 0) is 6.54 Å². The fourth-order valence-electron chi connectivity index (χ4n) is 1.40. The van der Waals surface area contributed by atoms with Crippen molar-refractivity contribution in [1.82, 2.24) is 14.8 Å². The molecule has 0 spiro atoms. The molecule has 0 aliphatic rings. The van der Waals surface area contributed by atoms with Gasteiger partial charge in [0, 0.05) is 0 Å². The molecule has 4 nitrogen and oxygen atoms in total. The Morgan fingerprint density at radius 1 is 1.31 bits per heavy atom. The number of anilines is 1. The van der Waals surface area contributed by atoms with Gasteiger partial charge >= 0.3 is 0 Å². The maximum atomic E-state index is 5.77. The lowest BCUT2D eigenvalue weighted by molar-refractivity contribution is 0.675. The summed E-state index contributed by atoms with van der Waals surface area (Å²) in [5, 5.41) is 5.00. The normalized spacial score (nSPS) is 10.6. The Morgan fingerprint density at radius 2 is 2.00 bits per heavy atom. The predicted octanol–water partition coefficient (Wildman–Crippen LogP) is 1.94. The highest BCUT2D eigenvalue weighted by Crippen LogP contribution is 2.13. The largest absolute Gasteiger partial charge is 0.368 e. The van der Waals surface area contributed by atoms with E-state index < -0.39 is 0 Å². The Kier molecular flexibility index (Phi) is 3.14. The highest BCUT2D eigenvalue weighted by atomic mass is 32.2. The van der Waals surface area contributed by atoms with Gasteiger partial charge in [0.05, 0.1) is 6.54 Å². The van der Waals surface area contributed by atoms with E-state index >= 15 is 0 Å². The summed E-state index contributed by atoms with van der Waals surface area (Å²) in [7, 11) is 0. The monoisotopic (exact) mass is 234 g/mol. The maximum Gasteiger partial charge on any atom is 0.219 e. The molecule has 1 heterocycles. The van der Waals surface area contributed by atoms with Crippen LogP contribution < -0.4 is 5.73 Å². The zero-order valence-corrected chi connectivity index (χ0v) is 10.2. The molecule has 0 saturated carbocycles. The number of aromatic nitrogens is 3. The van der Waals surface area contributed by atoms with Crippen molar-refractivity contribution >= 4 is 17.7 Å². The third-order valence-corrected chi connectivity index (χ3v) is 2.85. The molecule has 5 heteroatoms. The summed E-state index contributed by atoms with van der Waals surface area (Å²) < 4.78 is 1.72. The van der Waals surface area contributed by atoms with Crippen LogP contribution in [-0.4, -0.2) is 21.0 Å². The molecule has 1 aromatic heterocycles. The number of hydrogen-bond donors (Lipinski definition) is 1. The van der Waals surface area contributed by atoms with Crippen LogP contribution in [0.3, 0.4) is 0 Å². The van der Waals surface area contributed by atoms with Crippen molar-refractivity contribution in [2.45, 2.75) is 18.6 Å². The standard InChI is InChI=1S/C11H14N4S/c1-8-3-5-9(6-4-8)7-15-10(12)13-11(14-15)16-2/h3-6H,7H2,1-2H3,(H2,12,13,14). The van der Waals surface area contributed by atoms with Crippen LogP contribution >= 0.6 is 11.8 Å². The average molecular weight is 234 g/mol. The second kappa shape index (κ2) is 4.57. The number of thioether (sulfide) groups is 1. The first-order valence-electron chi connectivity index (χ1n) is 4.99. The number of aryl methyl sites for hydroxylation is 1. The molecule has 0 aliphatic carbocycles. The summed E-state index contributed by atoms with van der Waals surface area (Å²) in [6, 6.07) is 8.32. The average Bonchev–Trinajstić information content (AvgIpc) is 2.63. The van der Waals surface area contributed by atoms with Gasteiger partial charge in [-0.15, -0.1) is 5.10 Å². The molecular weight excluding hydrogens is 220 g/mol. The molecule has 0 unspecified atom stereocenters. The number of nitrogen functional groups attached to an aromatic ring is 1. The first-order chi connectivity index (χ1) is 7.69. The summed E-state index contributed by atoms with van der Waals surface area (Å²) in [5.74, 6) is 0.463. The first kappa shape index (κ1) is 11.0. The molecule has 1 aromatic carbocycles. The minimum Gasteiger partial charge on any atom is -0.368 e. The minimum atomic E-state index is 0.463. The Morgan fingerprint density at radius 3 is 2.56 bits per heavy atom. The van der Waals surface area contributed by atoms with Crippen molar-refractivity contribution in [2.75, 3.05) is 12.0 Å². The van der Waals surface area contributed by atoms with Gasteiger partial charge in [-0.25, -0.2) is 4.68 Å². The van der Waals surface area contributed by atoms with Crippen LogP contribution in [0, 0.1) is 6.92 Å². The molecule has 0 atom stereocenters. The fourth-order valence-corrected chi connectivity index (χ4v) is 1.77. The van der Waals surface area contributed by atoms with Gasteiger partial charge in [0.1, 0.15) is 0 Å². The summed E-state index contributed by atoms with van der Waals surface area (Å²) in [5.41, 5.74) is 8.20. The summed E-state index contributed by atoms with van der Waals surface area (Å²) in [6.07, 6.45) is 1.94. The first-order valence-corrected chi connectivity index (χ1v) is 6.21. The van der Waals surface area contributed by atoms with Gasteiger partial charge in [-0.2, -0.15) is 4.98 Å². The molecule has 0 radical (unpaired) electrons. The molecule has 0 fully saturated rings. The third-order valence-electron chi connectivity index (χ3n) is 2.32. The zero-order valence-electron chi connectivity index (χ0n) is 9.34. The maximum absolute atomic E-state index is 5.77. The second-order valence-electron chi connectivity index (χ2n) is 3.60. The smallest absolute Gasteiger partial charge is 0.219 e. The summed E-state index contributed by atoms with van der Waals surface area (Å²) in [6.45, 7) is 2.74. The van der Waals surface area contributed by atoms with Gasteiger partial charge in [-0.1, -0.05) is 41.6 Å². The van der Waals surface area contributed by atoms with Crippen molar-refractivity contribution in [3.63, 3.8) is 0 Å². The summed E-state index contributed by atoms with van der Waals surface area (Å²) >= 11 is 1.49. The van der Waals surface area contributed by atoms with Crippen LogP contribution in [0.4, 0.5) is 5.95 Å². The quantitative estimate of drug-likeness (QED) is 0.825. The highest BCUT2D eigenvalue weighted by molar-refractivity contribution is 7.98. The molecule has 2 rings (SSSR count). The van der Waals surface area contributed by atoms with Crippen LogP contribution in [0.5, 0.6) is 0 Å². The van der Waals surface area contributed by atoms with Crippen molar-refractivity contribution in [2.24, 2.45) is 0 Å². The zero-order chi connectivity index (χ0) is 11.5. The van der Waals surface area contributed by atoms with Crippen LogP contribution in [0.2, 0.25) is 0 Å². The van der Waals surface area contributed by atoms with Gasteiger partial charge in [-0.3, -0.25) is 0 Å². The molecule has 84 valence electrons. The number of hydrogen-bond acceptors (Lipinski definition) is 4. The lowest BCUT2D eigenvalue weighted by Gasteiger charge is -2.03. The Bertz CT molecular complexity index is 475. The second-order valence-corrected chi connectivity index (χ2v) is 4.37. The Labute approximate surface area is 98.9 Å². The SMILES string of the molecule is CSc1nc(N)n(Cc2ccc(C)cc2)n1. The Hall–Kier alpha value is -1.49. The highest BCUT2D eigenvalue weighted by Gasteiger charge is 2.05. The number of nitrogens with zero attached hydrogens (tertiary/aromatic N) is 3. The molecule has 0 amide bonds. The van der Waals surface area contributed by atoms with Crippen molar-refractivity contribution in [1.29, 1.82) is 0 Å². The molecule has 0 bridgehead atoms. The van der Waals surface area contributed by atoms with Gasteiger partial charge in [-0.05, 0) is 18.7 Å². The minimum absolute atomic E-state index is 0.463. The number of nitrogens with two attached hydrogens (primary N) is 1. The molecule has 16 heavy (non-hydrogen) atoms. The van der Waals surface area contributed by atoms with E-state index in [2.05, 4.69) is 41.3 Å². The van der Waals surface area contributed by atoms with E-state index in [1.807, 2.05) is 6.26 Å². The van der Waals surface area contributed by atoms with Crippen LogP contribution in [0.25, 0.3) is 0 Å². The number of benzene rings is 1. The van der Waals surface area contributed by atoms with E-state index in [1.54, 1.807) is 4.68 Å². The number of rotatable bonds is 3. The lowest BCUT2D eigenvalue weighted by atomic mass is 10.1. The van der Waals surface area contributed by atoms with Crippen LogP contribution in [0.1, 0.15) is 11.1 Å². The van der Waals surface area contributed by atoms with Gasteiger partial charge < -0.3 is 5.73 Å². The predicted molar refractivity (Wildman–Crippen MR) is 66.5 cm³/mol. The van der Waals surface area contributed by atoms with Gasteiger partial charge in [0.15, 0.2) is 0 Å². The van der Waals surface area contributed by atoms with Crippen molar-refractivity contribution < 1.29 is 0 Å².